The van der Waals surface area contributed by atoms with Crippen molar-refractivity contribution in [2.45, 2.75) is 45.3 Å². The lowest BCUT2D eigenvalue weighted by Crippen LogP contribution is -2.19. The Morgan fingerprint density at radius 1 is 1.50 bits per heavy atom. The van der Waals surface area contributed by atoms with E-state index in [9.17, 15) is 0 Å². The second-order valence-corrected chi connectivity index (χ2v) is 5.97. The van der Waals surface area contributed by atoms with Gasteiger partial charge in [0.1, 0.15) is 5.82 Å². The molecule has 2 aromatic rings. The van der Waals surface area contributed by atoms with Crippen molar-refractivity contribution in [2.24, 2.45) is 0 Å². The number of hydrogen-bond donors (Lipinski definition) is 1. The average molecular weight is 261 g/mol. The monoisotopic (exact) mass is 261 g/mol. The number of nitrogens with one attached hydrogen (secondary N) is 1. The van der Waals surface area contributed by atoms with Crippen LogP contribution in [0.3, 0.4) is 0 Å². The van der Waals surface area contributed by atoms with Gasteiger partial charge in [0.25, 0.3) is 0 Å². The van der Waals surface area contributed by atoms with E-state index in [2.05, 4.69) is 39.3 Å². The van der Waals surface area contributed by atoms with Crippen molar-refractivity contribution < 1.29 is 0 Å². The predicted octanol–water partition coefficient (Wildman–Crippen LogP) is 2.75. The second-order valence-electron chi connectivity index (χ2n) is 4.93. The molecule has 2 heterocycles. The van der Waals surface area contributed by atoms with E-state index >= 15 is 0 Å². The SMILES string of the molecule is Cc1ncc(CNC2CC2)n1CCc1cccs1. The van der Waals surface area contributed by atoms with Gasteiger partial charge in [0.2, 0.25) is 0 Å². The van der Waals surface area contributed by atoms with Crippen LogP contribution in [-0.4, -0.2) is 15.6 Å². The van der Waals surface area contributed by atoms with Gasteiger partial charge in [0, 0.05) is 30.2 Å². The number of rotatable bonds is 6. The van der Waals surface area contributed by atoms with E-state index in [1.165, 1.54) is 23.4 Å². The quantitative estimate of drug-likeness (QED) is 0.866. The summed E-state index contributed by atoms with van der Waals surface area (Å²) in [6.07, 6.45) is 5.79. The van der Waals surface area contributed by atoms with Gasteiger partial charge in [-0.1, -0.05) is 6.07 Å². The van der Waals surface area contributed by atoms with E-state index in [0.29, 0.717) is 0 Å². The second kappa shape index (κ2) is 5.24. The van der Waals surface area contributed by atoms with Gasteiger partial charge in [-0.2, -0.15) is 0 Å². The first-order valence-corrected chi connectivity index (χ1v) is 7.47. The van der Waals surface area contributed by atoms with Crippen LogP contribution in [0.25, 0.3) is 0 Å². The first-order valence-electron chi connectivity index (χ1n) is 6.59. The number of nitrogens with zero attached hydrogens (tertiary/aromatic N) is 2. The summed E-state index contributed by atoms with van der Waals surface area (Å²) in [4.78, 5) is 5.89. The lowest BCUT2D eigenvalue weighted by molar-refractivity contribution is 0.597. The van der Waals surface area contributed by atoms with Crippen molar-refractivity contribution >= 4 is 11.3 Å². The molecule has 1 saturated carbocycles. The maximum atomic E-state index is 4.44. The normalized spacial score (nSPS) is 15.2. The van der Waals surface area contributed by atoms with Gasteiger partial charge in [-0.15, -0.1) is 11.3 Å². The molecule has 0 unspecified atom stereocenters. The molecule has 0 saturated heterocycles. The first kappa shape index (κ1) is 11.9. The van der Waals surface area contributed by atoms with Crippen LogP contribution in [0, 0.1) is 6.92 Å². The third-order valence-corrected chi connectivity index (χ3v) is 4.39. The van der Waals surface area contributed by atoms with Gasteiger partial charge in [-0.3, -0.25) is 0 Å². The minimum absolute atomic E-state index is 0.756. The van der Waals surface area contributed by atoms with Crippen LogP contribution in [0.4, 0.5) is 0 Å². The summed E-state index contributed by atoms with van der Waals surface area (Å²) in [5, 5.41) is 5.71. The van der Waals surface area contributed by atoms with Crippen LogP contribution in [0.5, 0.6) is 0 Å². The van der Waals surface area contributed by atoms with E-state index in [1.54, 1.807) is 0 Å². The minimum atomic E-state index is 0.756. The molecule has 4 heteroatoms. The number of aryl methyl sites for hydroxylation is 2. The average Bonchev–Trinajstić information content (AvgIpc) is 2.93. The molecular weight excluding hydrogens is 242 g/mol. The molecule has 0 atom stereocenters. The van der Waals surface area contributed by atoms with E-state index in [1.807, 2.05) is 17.5 Å². The number of aromatic nitrogens is 2. The zero-order chi connectivity index (χ0) is 12.4. The van der Waals surface area contributed by atoms with Gasteiger partial charge in [-0.25, -0.2) is 4.98 Å². The van der Waals surface area contributed by atoms with Crippen molar-refractivity contribution in [3.63, 3.8) is 0 Å². The topological polar surface area (TPSA) is 29.9 Å². The number of hydrogen-bond acceptors (Lipinski definition) is 3. The zero-order valence-corrected chi connectivity index (χ0v) is 11.5. The fourth-order valence-corrected chi connectivity index (χ4v) is 2.87. The molecule has 3 rings (SSSR count). The highest BCUT2D eigenvalue weighted by molar-refractivity contribution is 7.09. The smallest absolute Gasteiger partial charge is 0.105 e. The fourth-order valence-electron chi connectivity index (χ4n) is 2.17. The van der Waals surface area contributed by atoms with Crippen LogP contribution in [0.15, 0.2) is 23.7 Å². The van der Waals surface area contributed by atoms with Crippen molar-refractivity contribution in [1.82, 2.24) is 14.9 Å². The molecule has 0 spiro atoms. The number of imidazole rings is 1. The first-order chi connectivity index (χ1) is 8.83. The highest BCUT2D eigenvalue weighted by Crippen LogP contribution is 2.19. The summed E-state index contributed by atoms with van der Waals surface area (Å²) in [7, 11) is 0. The van der Waals surface area contributed by atoms with Crippen molar-refractivity contribution in [2.75, 3.05) is 0 Å². The Bertz CT molecular complexity index is 497. The lowest BCUT2D eigenvalue weighted by Gasteiger charge is -2.10. The van der Waals surface area contributed by atoms with Crippen LogP contribution < -0.4 is 5.32 Å². The molecule has 0 aliphatic heterocycles. The summed E-state index contributed by atoms with van der Waals surface area (Å²) in [5.41, 5.74) is 1.32. The zero-order valence-electron chi connectivity index (χ0n) is 10.7. The summed E-state index contributed by atoms with van der Waals surface area (Å²) < 4.78 is 2.34. The van der Waals surface area contributed by atoms with Gasteiger partial charge >= 0.3 is 0 Å². The molecule has 18 heavy (non-hydrogen) atoms. The third kappa shape index (κ3) is 2.82. The molecule has 1 N–H and O–H groups in total. The van der Waals surface area contributed by atoms with Crippen molar-refractivity contribution in [3.8, 4) is 0 Å². The highest BCUT2D eigenvalue weighted by atomic mass is 32.1. The Labute approximate surface area is 112 Å². The van der Waals surface area contributed by atoms with Gasteiger partial charge in [-0.05, 0) is 37.6 Å². The standard InChI is InChI=1S/C14H19N3S/c1-11-15-9-13(10-16-12-4-5-12)17(11)7-6-14-3-2-8-18-14/h2-3,8-9,12,16H,4-7,10H2,1H3. The maximum Gasteiger partial charge on any atom is 0.105 e. The molecule has 1 fully saturated rings. The Morgan fingerprint density at radius 2 is 2.39 bits per heavy atom. The minimum Gasteiger partial charge on any atom is -0.331 e. The van der Waals surface area contributed by atoms with Gasteiger partial charge in [0.15, 0.2) is 0 Å². The van der Waals surface area contributed by atoms with Crippen LogP contribution in [-0.2, 0) is 19.5 Å². The van der Waals surface area contributed by atoms with Gasteiger partial charge < -0.3 is 9.88 Å². The highest BCUT2D eigenvalue weighted by Gasteiger charge is 2.20. The van der Waals surface area contributed by atoms with Gasteiger partial charge in [0.05, 0.1) is 5.69 Å². The molecule has 1 aliphatic rings. The molecule has 2 aromatic heterocycles. The van der Waals surface area contributed by atoms with Crippen molar-refractivity contribution in [3.05, 3.63) is 40.1 Å². The molecule has 0 amide bonds. The molecule has 96 valence electrons. The summed E-state index contributed by atoms with van der Waals surface area (Å²) in [5.74, 6) is 1.12. The molecule has 0 aromatic carbocycles. The van der Waals surface area contributed by atoms with Crippen LogP contribution in [0.2, 0.25) is 0 Å². The Balaban J connectivity index is 1.63. The van der Waals surface area contributed by atoms with E-state index in [-0.39, 0.29) is 0 Å². The van der Waals surface area contributed by atoms with E-state index in [4.69, 9.17) is 0 Å². The molecular formula is C14H19N3S. The molecule has 3 nitrogen and oxygen atoms in total. The molecule has 0 bridgehead atoms. The third-order valence-electron chi connectivity index (χ3n) is 3.45. The molecule has 0 radical (unpaired) electrons. The Kier molecular flexibility index (Phi) is 3.48. The van der Waals surface area contributed by atoms with E-state index in [0.717, 1.165) is 31.4 Å². The molecule has 1 aliphatic carbocycles. The van der Waals surface area contributed by atoms with E-state index < -0.39 is 0 Å². The summed E-state index contributed by atoms with van der Waals surface area (Å²) in [6, 6.07) is 5.08. The number of thiophene rings is 1. The lowest BCUT2D eigenvalue weighted by atomic mass is 10.3. The maximum absolute atomic E-state index is 4.44. The fraction of sp³-hybridized carbons (Fsp3) is 0.500. The largest absolute Gasteiger partial charge is 0.331 e. The van der Waals surface area contributed by atoms with Crippen LogP contribution in [0.1, 0.15) is 29.2 Å². The summed E-state index contributed by atoms with van der Waals surface area (Å²) in [6.45, 7) is 4.08. The van der Waals surface area contributed by atoms with Crippen LogP contribution >= 0.6 is 11.3 Å². The Hall–Kier alpha value is -1.13. The van der Waals surface area contributed by atoms with Crippen molar-refractivity contribution in [1.29, 1.82) is 0 Å². The Morgan fingerprint density at radius 3 is 3.11 bits per heavy atom. The predicted molar refractivity (Wildman–Crippen MR) is 74.8 cm³/mol. The summed E-state index contributed by atoms with van der Waals surface area (Å²) >= 11 is 1.84.